The summed E-state index contributed by atoms with van der Waals surface area (Å²) < 4.78 is 38.0. The lowest BCUT2D eigenvalue weighted by molar-refractivity contribution is -0.138. The van der Waals surface area contributed by atoms with E-state index in [0.29, 0.717) is 18.7 Å². The van der Waals surface area contributed by atoms with E-state index in [9.17, 15) is 13.2 Å². The van der Waals surface area contributed by atoms with Gasteiger partial charge in [-0.3, -0.25) is 0 Å². The zero-order chi connectivity index (χ0) is 12.0. The minimum atomic E-state index is -4.31. The van der Waals surface area contributed by atoms with E-state index < -0.39 is 17.3 Å². The standard InChI is InChI=1S/C11H13F3N2/c1-7-2-3-8(10(15)5-16-6-10)4-9(7)11(12,13)14/h2-4,16H,5-6,15H2,1H3. The highest BCUT2D eigenvalue weighted by atomic mass is 19.4. The van der Waals surface area contributed by atoms with Crippen molar-refractivity contribution >= 4 is 0 Å². The van der Waals surface area contributed by atoms with E-state index in [4.69, 9.17) is 5.73 Å². The predicted molar refractivity (Wildman–Crippen MR) is 54.9 cm³/mol. The van der Waals surface area contributed by atoms with E-state index in [1.54, 1.807) is 6.07 Å². The lowest BCUT2D eigenvalue weighted by atomic mass is 9.84. The number of nitrogens with two attached hydrogens (primary N) is 1. The van der Waals surface area contributed by atoms with Crippen molar-refractivity contribution in [3.05, 3.63) is 34.9 Å². The molecule has 0 radical (unpaired) electrons. The molecular formula is C11H13F3N2. The van der Waals surface area contributed by atoms with Crippen LogP contribution in [-0.4, -0.2) is 13.1 Å². The fraction of sp³-hybridized carbons (Fsp3) is 0.455. The molecule has 0 spiro atoms. The molecule has 1 aliphatic heterocycles. The number of nitrogens with one attached hydrogen (secondary N) is 1. The summed E-state index contributed by atoms with van der Waals surface area (Å²) in [6, 6.07) is 4.31. The first-order valence-electron chi connectivity index (χ1n) is 5.01. The molecule has 0 unspecified atom stereocenters. The predicted octanol–water partition coefficient (Wildman–Crippen LogP) is 1.77. The molecule has 1 aromatic rings. The van der Waals surface area contributed by atoms with Gasteiger partial charge < -0.3 is 11.1 Å². The zero-order valence-electron chi connectivity index (χ0n) is 8.86. The largest absolute Gasteiger partial charge is 0.416 e. The second-order valence-corrected chi connectivity index (χ2v) is 4.29. The smallest absolute Gasteiger partial charge is 0.319 e. The van der Waals surface area contributed by atoms with Crippen LogP contribution in [0, 0.1) is 6.92 Å². The molecule has 0 amide bonds. The van der Waals surface area contributed by atoms with Crippen molar-refractivity contribution < 1.29 is 13.2 Å². The molecule has 2 rings (SSSR count). The molecule has 1 heterocycles. The van der Waals surface area contributed by atoms with Gasteiger partial charge >= 0.3 is 6.18 Å². The summed E-state index contributed by atoms with van der Waals surface area (Å²) in [5.74, 6) is 0. The summed E-state index contributed by atoms with van der Waals surface area (Å²) >= 11 is 0. The molecule has 16 heavy (non-hydrogen) atoms. The lowest BCUT2D eigenvalue weighted by Crippen LogP contribution is -2.62. The van der Waals surface area contributed by atoms with E-state index in [1.807, 2.05) is 0 Å². The summed E-state index contributed by atoms with van der Waals surface area (Å²) in [4.78, 5) is 0. The van der Waals surface area contributed by atoms with E-state index in [2.05, 4.69) is 5.32 Å². The van der Waals surface area contributed by atoms with Crippen molar-refractivity contribution in [3.63, 3.8) is 0 Å². The highest BCUT2D eigenvalue weighted by Crippen LogP contribution is 2.34. The minimum absolute atomic E-state index is 0.229. The molecule has 0 aliphatic carbocycles. The number of hydrogen-bond acceptors (Lipinski definition) is 2. The third-order valence-electron chi connectivity index (χ3n) is 3.00. The van der Waals surface area contributed by atoms with Crippen LogP contribution in [-0.2, 0) is 11.7 Å². The Kier molecular flexibility index (Phi) is 2.47. The molecule has 0 saturated carbocycles. The van der Waals surface area contributed by atoms with Crippen LogP contribution in [0.2, 0.25) is 0 Å². The fourth-order valence-electron chi connectivity index (χ4n) is 1.84. The Morgan fingerprint density at radius 2 is 1.94 bits per heavy atom. The topological polar surface area (TPSA) is 38.0 Å². The number of alkyl halides is 3. The summed E-state index contributed by atoms with van der Waals surface area (Å²) in [5.41, 5.74) is 5.49. The summed E-state index contributed by atoms with van der Waals surface area (Å²) in [6.45, 7) is 2.50. The normalized spacial score (nSPS) is 19.3. The van der Waals surface area contributed by atoms with Crippen LogP contribution in [0.4, 0.5) is 13.2 Å². The molecule has 5 heteroatoms. The molecule has 1 fully saturated rings. The monoisotopic (exact) mass is 230 g/mol. The first kappa shape index (κ1) is 11.4. The van der Waals surface area contributed by atoms with Gasteiger partial charge in [-0.15, -0.1) is 0 Å². The number of benzene rings is 1. The van der Waals surface area contributed by atoms with Crippen molar-refractivity contribution in [2.45, 2.75) is 18.6 Å². The summed E-state index contributed by atoms with van der Waals surface area (Å²) in [6.07, 6.45) is -4.31. The van der Waals surface area contributed by atoms with Gasteiger partial charge in [0, 0.05) is 13.1 Å². The molecule has 2 nitrogen and oxygen atoms in total. The Hall–Kier alpha value is -1.07. The van der Waals surface area contributed by atoms with Gasteiger partial charge in [0.1, 0.15) is 0 Å². The Morgan fingerprint density at radius 3 is 2.38 bits per heavy atom. The van der Waals surface area contributed by atoms with Gasteiger partial charge in [-0.25, -0.2) is 0 Å². The van der Waals surface area contributed by atoms with E-state index in [0.717, 1.165) is 6.07 Å². The molecule has 1 saturated heterocycles. The van der Waals surface area contributed by atoms with Crippen molar-refractivity contribution in [1.29, 1.82) is 0 Å². The number of halogens is 3. The maximum absolute atomic E-state index is 12.7. The zero-order valence-corrected chi connectivity index (χ0v) is 8.86. The SMILES string of the molecule is Cc1ccc(C2(N)CNC2)cc1C(F)(F)F. The van der Waals surface area contributed by atoms with E-state index in [-0.39, 0.29) is 5.56 Å². The van der Waals surface area contributed by atoms with Crippen molar-refractivity contribution in [3.8, 4) is 0 Å². The maximum atomic E-state index is 12.7. The second kappa shape index (κ2) is 3.46. The van der Waals surface area contributed by atoms with Crippen LogP contribution < -0.4 is 11.1 Å². The van der Waals surface area contributed by atoms with Crippen LogP contribution in [0.1, 0.15) is 16.7 Å². The highest BCUT2D eigenvalue weighted by molar-refractivity contribution is 5.38. The average Bonchev–Trinajstić information content (AvgIpc) is 2.13. The second-order valence-electron chi connectivity index (χ2n) is 4.29. The third kappa shape index (κ3) is 1.81. The number of aryl methyl sites for hydroxylation is 1. The average molecular weight is 230 g/mol. The molecule has 0 bridgehead atoms. The van der Waals surface area contributed by atoms with Gasteiger partial charge in [-0.05, 0) is 24.1 Å². The Morgan fingerprint density at radius 1 is 1.31 bits per heavy atom. The van der Waals surface area contributed by atoms with Gasteiger partial charge in [0.25, 0.3) is 0 Å². The Bertz CT molecular complexity index is 408. The maximum Gasteiger partial charge on any atom is 0.416 e. The molecular weight excluding hydrogens is 217 g/mol. The van der Waals surface area contributed by atoms with Crippen LogP contribution in [0.3, 0.4) is 0 Å². The van der Waals surface area contributed by atoms with E-state index >= 15 is 0 Å². The molecule has 88 valence electrons. The van der Waals surface area contributed by atoms with Gasteiger partial charge in [0.05, 0.1) is 11.1 Å². The van der Waals surface area contributed by atoms with Gasteiger partial charge in [0.15, 0.2) is 0 Å². The first-order chi connectivity index (χ1) is 7.33. The summed E-state index contributed by atoms with van der Waals surface area (Å²) in [5, 5.41) is 2.97. The van der Waals surface area contributed by atoms with Crippen molar-refractivity contribution in [1.82, 2.24) is 5.32 Å². The fourth-order valence-corrected chi connectivity index (χ4v) is 1.84. The Balaban J connectivity index is 2.43. The number of hydrogen-bond donors (Lipinski definition) is 2. The molecule has 1 aromatic carbocycles. The number of rotatable bonds is 1. The Labute approximate surface area is 91.6 Å². The lowest BCUT2D eigenvalue weighted by Gasteiger charge is -2.39. The third-order valence-corrected chi connectivity index (χ3v) is 3.00. The first-order valence-corrected chi connectivity index (χ1v) is 5.01. The van der Waals surface area contributed by atoms with Crippen LogP contribution in [0.15, 0.2) is 18.2 Å². The quantitative estimate of drug-likeness (QED) is 0.771. The van der Waals surface area contributed by atoms with Gasteiger partial charge in [-0.1, -0.05) is 12.1 Å². The van der Waals surface area contributed by atoms with Crippen molar-refractivity contribution in [2.24, 2.45) is 5.73 Å². The van der Waals surface area contributed by atoms with Gasteiger partial charge in [0.2, 0.25) is 0 Å². The summed E-state index contributed by atoms with van der Waals surface area (Å²) in [7, 11) is 0. The molecule has 3 N–H and O–H groups in total. The van der Waals surface area contributed by atoms with Crippen LogP contribution in [0.25, 0.3) is 0 Å². The van der Waals surface area contributed by atoms with E-state index in [1.165, 1.54) is 13.0 Å². The van der Waals surface area contributed by atoms with Crippen LogP contribution >= 0.6 is 0 Å². The highest BCUT2D eigenvalue weighted by Gasteiger charge is 2.38. The van der Waals surface area contributed by atoms with Crippen molar-refractivity contribution in [2.75, 3.05) is 13.1 Å². The van der Waals surface area contributed by atoms with Gasteiger partial charge in [-0.2, -0.15) is 13.2 Å². The minimum Gasteiger partial charge on any atom is -0.319 e. The molecule has 0 aromatic heterocycles. The molecule has 0 atom stereocenters. The van der Waals surface area contributed by atoms with Crippen LogP contribution in [0.5, 0.6) is 0 Å². The molecule has 1 aliphatic rings.